The Hall–Kier alpha value is 0.0900. The minimum Gasteiger partial charge on any atom is -0.394 e. The SMILES string of the molecule is C[C@]1(O)[C@](C)(O)[C@](I)(CO)O[C@H](OC2[C@@H](CO)O[C@@H](OC3[C@@H](CO)O[C@@H](O)[C@H](N)[C@H]3O)[C@H](N)[C@H]2O)[C@]1(C)N. The summed E-state index contributed by atoms with van der Waals surface area (Å²) < 4.78 is 26.6. The molecule has 0 bridgehead atoms. The molecule has 3 aliphatic heterocycles. The topological polar surface area (TPSA) is 286 Å². The van der Waals surface area contributed by atoms with E-state index in [0.717, 1.165) is 0 Å². The van der Waals surface area contributed by atoms with Crippen molar-refractivity contribution >= 4 is 22.6 Å². The van der Waals surface area contributed by atoms with Crippen molar-refractivity contribution in [2.24, 2.45) is 17.2 Å². The van der Waals surface area contributed by atoms with Crippen LogP contribution in [0.15, 0.2) is 0 Å². The molecule has 2 unspecified atom stereocenters. The van der Waals surface area contributed by atoms with Gasteiger partial charge in [-0.2, -0.15) is 0 Å². The van der Waals surface area contributed by atoms with Crippen LogP contribution in [0.4, 0.5) is 0 Å². The molecule has 38 heavy (non-hydrogen) atoms. The Bertz CT molecular complexity index is 821. The molecule has 0 aliphatic carbocycles. The van der Waals surface area contributed by atoms with Crippen molar-refractivity contribution in [2.45, 2.75) is 109 Å². The molecule has 224 valence electrons. The average molecular weight is 669 g/mol. The molecule has 0 amide bonds. The Labute approximate surface area is 232 Å². The van der Waals surface area contributed by atoms with Crippen molar-refractivity contribution in [1.29, 1.82) is 0 Å². The maximum Gasteiger partial charge on any atom is 0.180 e. The number of alkyl halides is 1. The number of aliphatic hydroxyl groups is 8. The zero-order valence-corrected chi connectivity index (χ0v) is 23.4. The van der Waals surface area contributed by atoms with Crippen LogP contribution in [0.1, 0.15) is 20.8 Å². The Morgan fingerprint density at radius 1 is 0.816 bits per heavy atom. The maximum absolute atomic E-state index is 11.3. The molecule has 0 radical (unpaired) electrons. The monoisotopic (exact) mass is 669 g/mol. The Kier molecular flexibility index (Phi) is 9.78. The van der Waals surface area contributed by atoms with E-state index in [1.54, 1.807) is 22.6 Å². The predicted molar refractivity (Wildman–Crippen MR) is 134 cm³/mol. The average Bonchev–Trinajstić information content (AvgIpc) is 2.86. The number of hydrogen-bond acceptors (Lipinski definition) is 16. The van der Waals surface area contributed by atoms with Gasteiger partial charge in [0.05, 0.1) is 37.4 Å². The number of rotatable bonds is 7. The fourth-order valence-corrected chi connectivity index (χ4v) is 5.59. The lowest BCUT2D eigenvalue weighted by Crippen LogP contribution is -2.83. The van der Waals surface area contributed by atoms with Crippen LogP contribution < -0.4 is 17.2 Å². The molecule has 0 spiro atoms. The van der Waals surface area contributed by atoms with Gasteiger partial charge in [-0.25, -0.2) is 0 Å². The van der Waals surface area contributed by atoms with Gasteiger partial charge in [0.25, 0.3) is 0 Å². The second-order valence-electron chi connectivity index (χ2n) is 10.6. The number of halogens is 1. The zero-order valence-electron chi connectivity index (χ0n) is 21.2. The molecular weight excluding hydrogens is 629 g/mol. The molecule has 3 rings (SSSR count). The molecule has 0 aromatic carbocycles. The van der Waals surface area contributed by atoms with Crippen LogP contribution in [0, 0.1) is 0 Å². The number of aliphatic hydroxyl groups excluding tert-OH is 6. The smallest absolute Gasteiger partial charge is 0.180 e. The molecule has 0 aromatic heterocycles. The van der Waals surface area contributed by atoms with E-state index in [2.05, 4.69) is 0 Å². The first kappa shape index (κ1) is 32.6. The van der Waals surface area contributed by atoms with Gasteiger partial charge < -0.3 is 81.7 Å². The van der Waals surface area contributed by atoms with Crippen LogP contribution in [0.2, 0.25) is 0 Å². The van der Waals surface area contributed by atoms with E-state index in [1.165, 1.54) is 20.8 Å². The second kappa shape index (κ2) is 11.4. The van der Waals surface area contributed by atoms with Gasteiger partial charge >= 0.3 is 0 Å². The molecule has 16 nitrogen and oxygen atoms in total. The Morgan fingerprint density at radius 3 is 1.84 bits per heavy atom. The summed E-state index contributed by atoms with van der Waals surface area (Å²) in [5.74, 6) is 0. The Balaban J connectivity index is 1.83. The van der Waals surface area contributed by atoms with Crippen molar-refractivity contribution in [3.8, 4) is 0 Å². The van der Waals surface area contributed by atoms with E-state index in [1.807, 2.05) is 0 Å². The second-order valence-corrected chi connectivity index (χ2v) is 12.3. The molecule has 17 heteroatoms. The zero-order chi connectivity index (χ0) is 29.0. The normalized spacial score (nSPS) is 56.1. The quantitative estimate of drug-likeness (QED) is 0.0889. The molecule has 3 fully saturated rings. The summed E-state index contributed by atoms with van der Waals surface area (Å²) >= 11 is 1.63. The molecule has 14 N–H and O–H groups in total. The van der Waals surface area contributed by atoms with E-state index in [0.29, 0.717) is 0 Å². The van der Waals surface area contributed by atoms with Crippen molar-refractivity contribution in [2.75, 3.05) is 19.8 Å². The highest BCUT2D eigenvalue weighted by Crippen LogP contribution is 2.51. The fourth-order valence-electron chi connectivity index (χ4n) is 4.83. The van der Waals surface area contributed by atoms with Gasteiger partial charge in [0.15, 0.2) is 22.5 Å². The van der Waals surface area contributed by atoms with Crippen LogP contribution in [-0.4, -0.2) is 149 Å². The van der Waals surface area contributed by atoms with Gasteiger partial charge in [0.1, 0.15) is 47.8 Å². The van der Waals surface area contributed by atoms with Gasteiger partial charge in [-0.15, -0.1) is 0 Å². The molecule has 15 atom stereocenters. The molecule has 0 saturated carbocycles. The largest absolute Gasteiger partial charge is 0.394 e. The molecule has 0 aromatic rings. The number of hydrogen-bond donors (Lipinski definition) is 11. The van der Waals surface area contributed by atoms with Crippen LogP contribution in [-0.2, 0) is 23.7 Å². The highest BCUT2D eigenvalue weighted by Gasteiger charge is 2.71. The van der Waals surface area contributed by atoms with Crippen LogP contribution in [0.3, 0.4) is 0 Å². The predicted octanol–water partition coefficient (Wildman–Crippen LogP) is -5.74. The van der Waals surface area contributed by atoms with Gasteiger partial charge in [-0.1, -0.05) is 0 Å². The van der Waals surface area contributed by atoms with Gasteiger partial charge in [-0.05, 0) is 43.4 Å². The van der Waals surface area contributed by atoms with Crippen molar-refractivity contribution < 1.29 is 64.5 Å². The lowest BCUT2D eigenvalue weighted by Gasteiger charge is -2.61. The van der Waals surface area contributed by atoms with Crippen LogP contribution in [0.25, 0.3) is 0 Å². The lowest BCUT2D eigenvalue weighted by atomic mass is 9.67. The first-order valence-corrected chi connectivity index (χ1v) is 13.1. The highest BCUT2D eigenvalue weighted by atomic mass is 127. The highest BCUT2D eigenvalue weighted by molar-refractivity contribution is 14.1. The first-order valence-electron chi connectivity index (χ1n) is 12.0. The van der Waals surface area contributed by atoms with E-state index < -0.39 is 108 Å². The van der Waals surface area contributed by atoms with E-state index in [-0.39, 0.29) is 0 Å². The summed E-state index contributed by atoms with van der Waals surface area (Å²) in [5.41, 5.74) is 12.3. The van der Waals surface area contributed by atoms with E-state index in [9.17, 15) is 40.9 Å². The first-order chi connectivity index (χ1) is 17.4. The fraction of sp³-hybridized carbons (Fsp3) is 1.00. The summed E-state index contributed by atoms with van der Waals surface area (Å²) in [6.07, 6.45) is -13.0. The van der Waals surface area contributed by atoms with Crippen molar-refractivity contribution in [3.63, 3.8) is 0 Å². The number of nitrogens with two attached hydrogens (primary N) is 3. The van der Waals surface area contributed by atoms with Crippen LogP contribution in [0.5, 0.6) is 0 Å². The summed E-state index contributed by atoms with van der Waals surface area (Å²) in [6.45, 7) is 1.70. The summed E-state index contributed by atoms with van der Waals surface area (Å²) in [4.78, 5) is 0. The summed E-state index contributed by atoms with van der Waals surface area (Å²) in [5, 5.41) is 83.3. The lowest BCUT2D eigenvalue weighted by molar-refractivity contribution is -0.383. The third-order valence-electron chi connectivity index (χ3n) is 8.10. The standard InChI is InChI=1S/C21H40IN3O13/c1-18(25)17(38-21(22,6-28)20(3,33)19(18,2)32)37-14-8(5-27)35-16(10(24)12(14)30)36-13-7(4-26)34-15(31)9(23)11(13)29/h7-17,26-33H,4-6,23-25H2,1-3H3/t7-,8-,9-,10-,11-,12-,13?,14?,15-,16+,17+,18+,19-,20+,21+/m1/s1. The molecular formula is C21H40IN3O13. The minimum absolute atomic E-state index is 0.661. The van der Waals surface area contributed by atoms with E-state index >= 15 is 0 Å². The summed E-state index contributed by atoms with van der Waals surface area (Å²) in [7, 11) is 0. The molecule has 3 aliphatic rings. The van der Waals surface area contributed by atoms with E-state index in [4.69, 9.17) is 40.9 Å². The van der Waals surface area contributed by atoms with Gasteiger partial charge in [0.2, 0.25) is 0 Å². The van der Waals surface area contributed by atoms with Crippen molar-refractivity contribution in [1.82, 2.24) is 0 Å². The molecule has 3 heterocycles. The third-order valence-corrected chi connectivity index (χ3v) is 9.75. The van der Waals surface area contributed by atoms with Crippen molar-refractivity contribution in [3.05, 3.63) is 0 Å². The maximum atomic E-state index is 11.3. The van der Waals surface area contributed by atoms with Gasteiger partial charge in [-0.3, -0.25) is 0 Å². The summed E-state index contributed by atoms with van der Waals surface area (Å²) in [6, 6.07) is -2.65. The van der Waals surface area contributed by atoms with Crippen LogP contribution >= 0.6 is 22.6 Å². The Morgan fingerprint density at radius 2 is 1.32 bits per heavy atom. The minimum atomic E-state index is -2.10. The molecule has 3 saturated heterocycles. The third kappa shape index (κ3) is 5.13. The number of ether oxygens (including phenoxy) is 5. The van der Waals surface area contributed by atoms with Gasteiger partial charge in [0, 0.05) is 0 Å².